The summed E-state index contributed by atoms with van der Waals surface area (Å²) in [6.45, 7) is 4.31. The first kappa shape index (κ1) is 12.6. The van der Waals surface area contributed by atoms with Crippen molar-refractivity contribution in [3.63, 3.8) is 0 Å². The van der Waals surface area contributed by atoms with Gasteiger partial charge < -0.3 is 14.5 Å². The molecule has 0 aliphatic rings. The molecule has 0 saturated carbocycles. The smallest absolute Gasteiger partial charge is 0.322 e. The van der Waals surface area contributed by atoms with Gasteiger partial charge >= 0.3 is 6.01 Å². The Bertz CT molecular complexity index is 502. The van der Waals surface area contributed by atoms with Gasteiger partial charge in [0.15, 0.2) is 0 Å². The molecule has 0 bridgehead atoms. The maximum absolute atomic E-state index is 5.79. The van der Waals surface area contributed by atoms with Gasteiger partial charge in [-0.1, -0.05) is 0 Å². The van der Waals surface area contributed by atoms with Crippen LogP contribution in [0.4, 0.5) is 5.95 Å². The number of ether oxygens (including phenoxy) is 1. The summed E-state index contributed by atoms with van der Waals surface area (Å²) in [4.78, 5) is 11.9. The van der Waals surface area contributed by atoms with E-state index in [4.69, 9.17) is 20.8 Å². The molecule has 6 nitrogen and oxygen atoms in total. The van der Waals surface area contributed by atoms with E-state index < -0.39 is 0 Å². The summed E-state index contributed by atoms with van der Waals surface area (Å²) in [6.07, 6.45) is 3.22. The quantitative estimate of drug-likeness (QED) is 0.898. The Morgan fingerprint density at radius 1 is 1.39 bits per heavy atom. The van der Waals surface area contributed by atoms with Gasteiger partial charge in [0.2, 0.25) is 11.2 Å². The minimum atomic E-state index is -0.0230. The van der Waals surface area contributed by atoms with E-state index in [0.717, 1.165) is 5.56 Å². The van der Waals surface area contributed by atoms with E-state index in [1.54, 1.807) is 12.5 Å². The summed E-state index contributed by atoms with van der Waals surface area (Å²) in [5.41, 5.74) is 0.984. The van der Waals surface area contributed by atoms with Crippen molar-refractivity contribution < 1.29 is 9.15 Å². The first-order chi connectivity index (χ1) is 8.63. The Hall–Kier alpha value is -1.82. The van der Waals surface area contributed by atoms with Crippen LogP contribution < -0.4 is 10.1 Å². The average Bonchev–Trinajstić information content (AvgIpc) is 2.77. The van der Waals surface area contributed by atoms with E-state index in [1.165, 1.54) is 0 Å². The minimum absolute atomic E-state index is 0.0230. The van der Waals surface area contributed by atoms with Crippen LogP contribution in [0.3, 0.4) is 0 Å². The van der Waals surface area contributed by atoms with Gasteiger partial charge in [0.1, 0.15) is 0 Å². The molecule has 7 heteroatoms. The summed E-state index contributed by atoms with van der Waals surface area (Å²) in [6, 6.07) is 2.06. The summed E-state index contributed by atoms with van der Waals surface area (Å²) in [7, 11) is 0. The highest BCUT2D eigenvalue weighted by atomic mass is 35.5. The van der Waals surface area contributed by atoms with Gasteiger partial charge in [-0.05, 0) is 31.5 Å². The van der Waals surface area contributed by atoms with Crippen molar-refractivity contribution in [2.45, 2.75) is 26.5 Å². The normalized spacial score (nSPS) is 10.7. The molecule has 0 spiro atoms. The lowest BCUT2D eigenvalue weighted by atomic mass is 10.3. The van der Waals surface area contributed by atoms with Crippen molar-refractivity contribution in [1.29, 1.82) is 0 Å². The van der Waals surface area contributed by atoms with Crippen molar-refractivity contribution in [2.24, 2.45) is 0 Å². The monoisotopic (exact) mass is 268 g/mol. The fourth-order valence-electron chi connectivity index (χ4n) is 1.25. The number of aromatic nitrogens is 3. The highest BCUT2D eigenvalue weighted by Crippen LogP contribution is 2.13. The molecule has 0 saturated heterocycles. The third kappa shape index (κ3) is 3.59. The first-order valence-electron chi connectivity index (χ1n) is 5.46. The van der Waals surface area contributed by atoms with E-state index in [9.17, 15) is 0 Å². The van der Waals surface area contributed by atoms with E-state index in [-0.39, 0.29) is 17.4 Å². The van der Waals surface area contributed by atoms with E-state index in [1.807, 2.05) is 19.9 Å². The molecule has 2 aromatic heterocycles. The maximum atomic E-state index is 5.79. The average molecular weight is 269 g/mol. The number of halogens is 1. The highest BCUT2D eigenvalue weighted by Gasteiger charge is 2.07. The van der Waals surface area contributed by atoms with Crippen LogP contribution in [-0.4, -0.2) is 21.1 Å². The van der Waals surface area contributed by atoms with E-state index in [2.05, 4.69) is 20.3 Å². The zero-order valence-electron chi connectivity index (χ0n) is 10.1. The highest BCUT2D eigenvalue weighted by molar-refractivity contribution is 6.28. The Morgan fingerprint density at radius 2 is 2.22 bits per heavy atom. The molecule has 0 atom stereocenters. The third-order valence-electron chi connectivity index (χ3n) is 1.96. The van der Waals surface area contributed by atoms with Gasteiger partial charge in [0, 0.05) is 12.1 Å². The van der Waals surface area contributed by atoms with Crippen molar-refractivity contribution in [3.8, 4) is 6.01 Å². The van der Waals surface area contributed by atoms with Crippen molar-refractivity contribution in [2.75, 3.05) is 5.32 Å². The zero-order valence-corrected chi connectivity index (χ0v) is 10.8. The standard InChI is InChI=1S/C11H13ClN4O2/c1-7(2)18-11-15-9(12)14-10(16-11)13-5-8-3-4-17-6-8/h3-4,6-7H,5H2,1-2H3,(H,13,14,15,16). The van der Waals surface area contributed by atoms with Crippen LogP contribution in [0.25, 0.3) is 0 Å². The molecule has 0 amide bonds. The fraction of sp³-hybridized carbons (Fsp3) is 0.364. The Labute approximate surface area is 109 Å². The van der Waals surface area contributed by atoms with Gasteiger partial charge in [0.25, 0.3) is 0 Å². The molecule has 0 fully saturated rings. The first-order valence-corrected chi connectivity index (χ1v) is 5.84. The summed E-state index contributed by atoms with van der Waals surface area (Å²) in [5, 5.41) is 3.11. The molecule has 18 heavy (non-hydrogen) atoms. The Kier molecular flexibility index (Phi) is 3.99. The molecule has 0 aliphatic heterocycles. The Balaban J connectivity index is 2.05. The number of anilines is 1. The molecule has 2 heterocycles. The lowest BCUT2D eigenvalue weighted by Crippen LogP contribution is -2.11. The number of hydrogen-bond acceptors (Lipinski definition) is 6. The molecule has 1 N–H and O–H groups in total. The lowest BCUT2D eigenvalue weighted by Gasteiger charge is -2.09. The molecule has 0 radical (unpaired) electrons. The zero-order chi connectivity index (χ0) is 13.0. The van der Waals surface area contributed by atoms with Crippen molar-refractivity contribution >= 4 is 17.5 Å². The van der Waals surface area contributed by atoms with Crippen LogP contribution in [0.5, 0.6) is 6.01 Å². The predicted molar refractivity (Wildman–Crippen MR) is 66.6 cm³/mol. The van der Waals surface area contributed by atoms with Gasteiger partial charge in [0.05, 0.1) is 18.6 Å². The molecule has 0 aliphatic carbocycles. The third-order valence-corrected chi connectivity index (χ3v) is 2.13. The molecule has 0 unspecified atom stereocenters. The second kappa shape index (κ2) is 5.68. The molecule has 2 aromatic rings. The molecule has 2 rings (SSSR count). The number of nitrogens with one attached hydrogen (secondary N) is 1. The summed E-state index contributed by atoms with van der Waals surface area (Å²) >= 11 is 5.79. The van der Waals surface area contributed by atoms with Crippen LogP contribution in [0, 0.1) is 0 Å². The van der Waals surface area contributed by atoms with Crippen LogP contribution in [-0.2, 0) is 6.54 Å². The lowest BCUT2D eigenvalue weighted by molar-refractivity contribution is 0.222. The minimum Gasteiger partial charge on any atom is -0.472 e. The number of nitrogens with zero attached hydrogens (tertiary/aromatic N) is 3. The largest absolute Gasteiger partial charge is 0.472 e. The summed E-state index contributed by atoms with van der Waals surface area (Å²) < 4.78 is 10.3. The molecular weight excluding hydrogens is 256 g/mol. The van der Waals surface area contributed by atoms with Crippen molar-refractivity contribution in [1.82, 2.24) is 15.0 Å². The SMILES string of the molecule is CC(C)Oc1nc(Cl)nc(NCc2ccoc2)n1. The van der Waals surface area contributed by atoms with E-state index in [0.29, 0.717) is 12.5 Å². The number of hydrogen-bond donors (Lipinski definition) is 1. The molecule has 96 valence electrons. The topological polar surface area (TPSA) is 73.1 Å². The second-order valence-corrected chi connectivity index (χ2v) is 4.20. The van der Waals surface area contributed by atoms with Gasteiger partial charge in [-0.3, -0.25) is 0 Å². The van der Waals surface area contributed by atoms with Crippen LogP contribution in [0.1, 0.15) is 19.4 Å². The van der Waals surface area contributed by atoms with Crippen LogP contribution in [0.2, 0.25) is 5.28 Å². The molecule has 0 aromatic carbocycles. The van der Waals surface area contributed by atoms with Gasteiger partial charge in [-0.2, -0.15) is 15.0 Å². The van der Waals surface area contributed by atoms with E-state index >= 15 is 0 Å². The van der Waals surface area contributed by atoms with Crippen LogP contribution in [0.15, 0.2) is 23.0 Å². The summed E-state index contributed by atoms with van der Waals surface area (Å²) in [5.74, 6) is 0.367. The Morgan fingerprint density at radius 3 is 2.89 bits per heavy atom. The predicted octanol–water partition coefficient (Wildman–Crippen LogP) is 2.52. The van der Waals surface area contributed by atoms with Gasteiger partial charge in [-0.25, -0.2) is 0 Å². The number of furan rings is 1. The maximum Gasteiger partial charge on any atom is 0.322 e. The molecular formula is C11H13ClN4O2. The fourth-order valence-corrected chi connectivity index (χ4v) is 1.40. The van der Waals surface area contributed by atoms with Gasteiger partial charge in [-0.15, -0.1) is 0 Å². The van der Waals surface area contributed by atoms with Crippen LogP contribution >= 0.6 is 11.6 Å². The van der Waals surface area contributed by atoms with Crippen molar-refractivity contribution in [3.05, 3.63) is 29.4 Å². The number of rotatable bonds is 5. The second-order valence-electron chi connectivity index (χ2n) is 3.86.